The molecule has 0 aromatic heterocycles. The fourth-order valence-corrected chi connectivity index (χ4v) is 1.60. The lowest BCUT2D eigenvalue weighted by Crippen LogP contribution is -2.30. The zero-order valence-electron chi connectivity index (χ0n) is 7.81. The highest BCUT2D eigenvalue weighted by atomic mass is 28.4. The van der Waals surface area contributed by atoms with Crippen LogP contribution in [0.25, 0.3) is 0 Å². The van der Waals surface area contributed by atoms with Crippen molar-refractivity contribution in [3.8, 4) is 0 Å². The first-order chi connectivity index (χ1) is 5.95. The van der Waals surface area contributed by atoms with E-state index in [1.54, 1.807) is 0 Å². The van der Waals surface area contributed by atoms with Crippen LogP contribution in [0, 0.1) is 0 Å². The van der Waals surface area contributed by atoms with E-state index in [0.717, 1.165) is 0 Å². The quantitative estimate of drug-likeness (QED) is 0.313. The predicted octanol–water partition coefficient (Wildman–Crippen LogP) is -1.20. The summed E-state index contributed by atoms with van der Waals surface area (Å²) in [5, 5.41) is 17.3. The lowest BCUT2D eigenvalue weighted by Gasteiger charge is -2.12. The summed E-state index contributed by atoms with van der Waals surface area (Å²) in [6, 6.07) is 0.363. The Morgan fingerprint density at radius 1 is 1.38 bits per heavy atom. The topological polar surface area (TPSA) is 90.2 Å². The van der Waals surface area contributed by atoms with Crippen molar-refractivity contribution in [2.45, 2.75) is 25.1 Å². The number of ether oxygens (including phenoxy) is 1. The molecule has 0 aromatic carbocycles. The van der Waals surface area contributed by atoms with Gasteiger partial charge in [-0.1, -0.05) is 0 Å². The molecule has 0 fully saturated rings. The molecule has 5 nitrogen and oxygen atoms in total. The molecule has 0 rings (SSSR count). The minimum atomic E-state index is -2.93. The van der Waals surface area contributed by atoms with Crippen molar-refractivity contribution in [3.63, 3.8) is 0 Å². The molecule has 0 spiro atoms. The van der Waals surface area contributed by atoms with Crippen molar-refractivity contribution in [3.05, 3.63) is 0 Å². The zero-order valence-corrected chi connectivity index (χ0v) is 8.81. The maximum absolute atomic E-state index is 9.02. The van der Waals surface area contributed by atoms with Crippen LogP contribution in [0.15, 0.2) is 0 Å². The molecule has 1 atom stereocenters. The molecule has 0 aliphatic carbocycles. The van der Waals surface area contributed by atoms with Gasteiger partial charge in [0.2, 0.25) is 0 Å². The molecule has 0 heterocycles. The van der Waals surface area contributed by atoms with Crippen molar-refractivity contribution < 1.29 is 24.5 Å². The van der Waals surface area contributed by atoms with Gasteiger partial charge in [0.25, 0.3) is 0 Å². The van der Waals surface area contributed by atoms with E-state index >= 15 is 0 Å². The normalized spacial score (nSPS) is 14.5. The first-order valence-electron chi connectivity index (χ1n) is 4.27. The van der Waals surface area contributed by atoms with Gasteiger partial charge in [-0.25, -0.2) is 0 Å². The highest BCUT2D eigenvalue weighted by molar-refractivity contribution is 6.63. The average molecular weight is 210 g/mol. The lowest BCUT2D eigenvalue weighted by molar-refractivity contribution is 0.00622. The number of rotatable bonds is 7. The molecule has 80 valence electrons. The summed E-state index contributed by atoms with van der Waals surface area (Å²) in [5.74, 6) is 0. The average Bonchev–Trinajstić information content (AvgIpc) is 2.01. The Balaban J connectivity index is 3.18. The second kappa shape index (κ2) is 6.47. The van der Waals surface area contributed by atoms with E-state index in [4.69, 9.17) is 24.5 Å². The van der Waals surface area contributed by atoms with Gasteiger partial charge in [0.05, 0.1) is 13.2 Å². The number of hydrogen-bond donors (Lipinski definition) is 4. The predicted molar refractivity (Wildman–Crippen MR) is 49.4 cm³/mol. The highest BCUT2D eigenvalue weighted by Gasteiger charge is 2.19. The van der Waals surface area contributed by atoms with Crippen LogP contribution in [0.5, 0.6) is 0 Å². The summed E-state index contributed by atoms with van der Waals surface area (Å²) in [5.41, 5.74) is 0. The smallest absolute Gasteiger partial charge is 0.329 e. The van der Waals surface area contributed by atoms with Crippen LogP contribution >= 0.6 is 0 Å². The summed E-state index contributed by atoms with van der Waals surface area (Å²) in [4.78, 5) is 18.0. The van der Waals surface area contributed by atoms with Gasteiger partial charge in [0.15, 0.2) is 0 Å². The summed E-state index contributed by atoms with van der Waals surface area (Å²) >= 11 is 0. The molecule has 0 bridgehead atoms. The Kier molecular flexibility index (Phi) is 6.48. The van der Waals surface area contributed by atoms with Crippen LogP contribution < -0.4 is 0 Å². The molecule has 0 aromatic rings. The largest absolute Gasteiger partial charge is 0.411 e. The molecule has 0 aliphatic rings. The van der Waals surface area contributed by atoms with Crippen LogP contribution in [0.1, 0.15) is 6.42 Å². The van der Waals surface area contributed by atoms with E-state index < -0.39 is 14.7 Å². The van der Waals surface area contributed by atoms with Crippen molar-refractivity contribution >= 4 is 8.56 Å². The third-order valence-corrected chi connectivity index (χ3v) is 2.76. The molecule has 4 N–H and O–H groups in total. The molecular formula is C7H18O5Si. The molecule has 0 saturated heterocycles. The Morgan fingerprint density at radius 3 is 2.46 bits per heavy atom. The molecule has 0 aliphatic heterocycles. The van der Waals surface area contributed by atoms with Crippen molar-refractivity contribution in [2.24, 2.45) is 0 Å². The van der Waals surface area contributed by atoms with Crippen LogP contribution in [0.3, 0.4) is 0 Å². The third-order valence-electron chi connectivity index (χ3n) is 1.46. The lowest BCUT2D eigenvalue weighted by atomic mass is 10.4. The minimum Gasteiger partial charge on any atom is -0.411 e. The van der Waals surface area contributed by atoms with Crippen molar-refractivity contribution in [1.29, 1.82) is 0 Å². The van der Waals surface area contributed by atoms with Gasteiger partial charge in [0, 0.05) is 6.61 Å². The van der Waals surface area contributed by atoms with E-state index in [-0.39, 0.29) is 13.2 Å². The number of aliphatic hydroxyl groups is 2. The zero-order chi connectivity index (χ0) is 10.3. The summed E-state index contributed by atoms with van der Waals surface area (Å²) < 4.78 is 4.97. The molecular weight excluding hydrogens is 192 g/mol. The Morgan fingerprint density at radius 2 is 2.00 bits per heavy atom. The van der Waals surface area contributed by atoms with Gasteiger partial charge in [0.1, 0.15) is 6.10 Å². The summed E-state index contributed by atoms with van der Waals surface area (Å²) in [7, 11) is -2.93. The van der Waals surface area contributed by atoms with Crippen molar-refractivity contribution in [2.75, 3.05) is 19.8 Å². The summed E-state index contributed by atoms with van der Waals surface area (Å²) in [6.07, 6.45) is -0.277. The first kappa shape index (κ1) is 13.0. The van der Waals surface area contributed by atoms with E-state index in [9.17, 15) is 0 Å². The number of hydrogen-bond acceptors (Lipinski definition) is 5. The maximum atomic E-state index is 9.02. The van der Waals surface area contributed by atoms with Crippen LogP contribution in [-0.4, -0.2) is 54.3 Å². The van der Waals surface area contributed by atoms with Crippen LogP contribution in [0.2, 0.25) is 12.6 Å². The monoisotopic (exact) mass is 210 g/mol. The Bertz CT molecular complexity index is 125. The van der Waals surface area contributed by atoms with Crippen LogP contribution in [0.4, 0.5) is 0 Å². The molecule has 0 amide bonds. The third kappa shape index (κ3) is 9.93. The van der Waals surface area contributed by atoms with Gasteiger partial charge < -0.3 is 24.5 Å². The van der Waals surface area contributed by atoms with Gasteiger partial charge >= 0.3 is 8.56 Å². The number of aliphatic hydroxyl groups excluding tert-OH is 2. The second-order valence-electron chi connectivity index (χ2n) is 3.23. The van der Waals surface area contributed by atoms with Gasteiger partial charge in [-0.2, -0.15) is 0 Å². The van der Waals surface area contributed by atoms with E-state index in [0.29, 0.717) is 19.1 Å². The SMILES string of the molecule is C[Si](O)(O)CCCOCC(O)CO. The standard InChI is InChI=1S/C7H18O5Si/c1-13(10,11)4-2-3-12-6-7(9)5-8/h7-11H,2-6H2,1H3. The van der Waals surface area contributed by atoms with E-state index in [1.807, 2.05) is 0 Å². The Labute approximate surface area is 78.8 Å². The second-order valence-corrected chi connectivity index (χ2v) is 6.17. The fraction of sp³-hybridized carbons (Fsp3) is 1.00. The highest BCUT2D eigenvalue weighted by Crippen LogP contribution is 2.04. The van der Waals surface area contributed by atoms with Gasteiger partial charge in [-0.05, 0) is 19.0 Å². The molecule has 13 heavy (non-hydrogen) atoms. The van der Waals surface area contributed by atoms with Gasteiger partial charge in [-0.3, -0.25) is 0 Å². The minimum absolute atomic E-state index is 0.0889. The molecule has 1 unspecified atom stereocenters. The van der Waals surface area contributed by atoms with Crippen LogP contribution in [-0.2, 0) is 4.74 Å². The Hall–Kier alpha value is 0.0169. The molecule has 0 saturated carbocycles. The molecule has 6 heteroatoms. The van der Waals surface area contributed by atoms with Crippen molar-refractivity contribution in [1.82, 2.24) is 0 Å². The van der Waals surface area contributed by atoms with Gasteiger partial charge in [-0.15, -0.1) is 0 Å². The maximum Gasteiger partial charge on any atom is 0.329 e. The van der Waals surface area contributed by atoms with E-state index in [2.05, 4.69) is 0 Å². The fourth-order valence-electron chi connectivity index (χ4n) is 0.781. The molecule has 0 radical (unpaired) electrons. The van der Waals surface area contributed by atoms with E-state index in [1.165, 1.54) is 6.55 Å². The first-order valence-corrected chi connectivity index (χ1v) is 6.87. The summed E-state index contributed by atoms with van der Waals surface area (Å²) in [6.45, 7) is 1.59.